The van der Waals surface area contributed by atoms with Crippen LogP contribution in [0, 0.1) is 0 Å². The van der Waals surface area contributed by atoms with E-state index in [9.17, 15) is 9.59 Å². The number of amides is 2. The summed E-state index contributed by atoms with van der Waals surface area (Å²) in [5.74, 6) is 0.748. The number of nitrogens with one attached hydrogen (secondary N) is 2. The van der Waals surface area contributed by atoms with E-state index in [1.54, 1.807) is 31.4 Å². The van der Waals surface area contributed by atoms with Gasteiger partial charge in [-0.25, -0.2) is 0 Å². The van der Waals surface area contributed by atoms with Crippen LogP contribution in [-0.4, -0.2) is 63.2 Å². The summed E-state index contributed by atoms with van der Waals surface area (Å²) in [5, 5.41) is 5.33. The summed E-state index contributed by atoms with van der Waals surface area (Å²) < 4.78 is 10.4. The van der Waals surface area contributed by atoms with Crippen LogP contribution >= 0.6 is 0 Å². The number of methoxy groups -OCH3 is 1. The van der Waals surface area contributed by atoms with Crippen LogP contribution in [0.15, 0.2) is 24.3 Å². The lowest BCUT2D eigenvalue weighted by Crippen LogP contribution is -2.39. The number of benzene rings is 1. The molecule has 25 heavy (non-hydrogen) atoms. The van der Waals surface area contributed by atoms with Crippen molar-refractivity contribution in [3.8, 4) is 11.5 Å². The first-order valence-electron chi connectivity index (χ1n) is 8.61. The van der Waals surface area contributed by atoms with Crippen molar-refractivity contribution in [2.24, 2.45) is 0 Å². The summed E-state index contributed by atoms with van der Waals surface area (Å²) in [7, 11) is 1.58. The normalized spacial score (nSPS) is 10.4. The second-order valence-corrected chi connectivity index (χ2v) is 5.47. The Morgan fingerprint density at radius 3 is 2.24 bits per heavy atom. The Labute approximate surface area is 149 Å². The van der Waals surface area contributed by atoms with Gasteiger partial charge in [0.2, 0.25) is 5.91 Å². The highest BCUT2D eigenvalue weighted by Crippen LogP contribution is 2.16. The maximum absolute atomic E-state index is 11.7. The van der Waals surface area contributed by atoms with Gasteiger partial charge in [0.15, 0.2) is 6.61 Å². The van der Waals surface area contributed by atoms with E-state index in [1.807, 2.05) is 0 Å². The van der Waals surface area contributed by atoms with E-state index in [0.29, 0.717) is 12.3 Å². The highest BCUT2D eigenvalue weighted by molar-refractivity contribution is 5.85. The molecule has 0 fully saturated rings. The number of ether oxygens (including phenoxy) is 2. The molecule has 0 saturated heterocycles. The van der Waals surface area contributed by atoms with E-state index in [-0.39, 0.29) is 25.0 Å². The molecule has 1 rings (SSSR count). The fraction of sp³-hybridized carbons (Fsp3) is 0.556. The van der Waals surface area contributed by atoms with Crippen molar-refractivity contribution in [3.63, 3.8) is 0 Å². The lowest BCUT2D eigenvalue weighted by Gasteiger charge is -2.17. The molecule has 2 N–H and O–H groups in total. The Kier molecular flexibility index (Phi) is 10.1. The standard InChI is InChI=1S/C18H29N3O4/c1-4-21(5-2)12-6-11-19-17(22)13-20-18(23)14-25-16-9-7-15(24-3)8-10-16/h7-10H,4-6,11-14H2,1-3H3,(H,19,22)(H,20,23). The average Bonchev–Trinajstić information content (AvgIpc) is 2.65. The van der Waals surface area contributed by atoms with Crippen molar-refractivity contribution in [3.05, 3.63) is 24.3 Å². The molecule has 0 saturated carbocycles. The first-order valence-corrected chi connectivity index (χ1v) is 8.61. The van der Waals surface area contributed by atoms with Gasteiger partial charge in [-0.15, -0.1) is 0 Å². The molecule has 0 bridgehead atoms. The molecule has 2 amide bonds. The van der Waals surface area contributed by atoms with Gasteiger partial charge in [-0.2, -0.15) is 0 Å². The van der Waals surface area contributed by atoms with Gasteiger partial charge in [-0.1, -0.05) is 13.8 Å². The topological polar surface area (TPSA) is 79.9 Å². The molecular formula is C18H29N3O4. The lowest BCUT2D eigenvalue weighted by atomic mass is 10.3. The predicted octanol–water partition coefficient (Wildman–Crippen LogP) is 1.04. The summed E-state index contributed by atoms with van der Waals surface area (Å²) in [4.78, 5) is 25.7. The summed E-state index contributed by atoms with van der Waals surface area (Å²) in [6.07, 6.45) is 0.891. The molecule has 0 atom stereocenters. The maximum atomic E-state index is 11.7. The predicted molar refractivity (Wildman–Crippen MR) is 96.9 cm³/mol. The monoisotopic (exact) mass is 351 g/mol. The van der Waals surface area contributed by atoms with Crippen molar-refractivity contribution < 1.29 is 19.1 Å². The smallest absolute Gasteiger partial charge is 0.258 e. The first-order chi connectivity index (χ1) is 12.1. The minimum absolute atomic E-state index is 0.0456. The van der Waals surface area contributed by atoms with Gasteiger partial charge in [0.25, 0.3) is 5.91 Å². The maximum Gasteiger partial charge on any atom is 0.258 e. The van der Waals surface area contributed by atoms with E-state index < -0.39 is 0 Å². The molecule has 1 aromatic carbocycles. The van der Waals surface area contributed by atoms with Crippen LogP contribution in [-0.2, 0) is 9.59 Å². The molecule has 140 valence electrons. The minimum atomic E-state index is -0.339. The summed E-state index contributed by atoms with van der Waals surface area (Å²) in [6, 6.07) is 6.93. The van der Waals surface area contributed by atoms with Crippen LogP contribution in [0.1, 0.15) is 20.3 Å². The highest BCUT2D eigenvalue weighted by atomic mass is 16.5. The molecule has 0 aliphatic rings. The summed E-state index contributed by atoms with van der Waals surface area (Å²) in [6.45, 7) is 7.63. The molecule has 0 spiro atoms. The third-order valence-corrected chi connectivity index (χ3v) is 3.74. The zero-order valence-electron chi connectivity index (χ0n) is 15.3. The third-order valence-electron chi connectivity index (χ3n) is 3.74. The Morgan fingerprint density at radius 1 is 1.00 bits per heavy atom. The van der Waals surface area contributed by atoms with Gasteiger partial charge in [0.05, 0.1) is 13.7 Å². The number of carbonyl (C=O) groups is 2. The van der Waals surface area contributed by atoms with Gasteiger partial charge < -0.3 is 25.0 Å². The largest absolute Gasteiger partial charge is 0.497 e. The Hall–Kier alpha value is -2.28. The molecule has 0 aliphatic heterocycles. The van der Waals surface area contributed by atoms with Gasteiger partial charge in [-0.05, 0) is 50.3 Å². The van der Waals surface area contributed by atoms with Crippen molar-refractivity contribution in [1.82, 2.24) is 15.5 Å². The van der Waals surface area contributed by atoms with E-state index >= 15 is 0 Å². The number of hydrogen-bond acceptors (Lipinski definition) is 5. The molecule has 0 radical (unpaired) electrons. The van der Waals surface area contributed by atoms with Crippen LogP contribution < -0.4 is 20.1 Å². The number of hydrogen-bond donors (Lipinski definition) is 2. The van der Waals surface area contributed by atoms with Gasteiger partial charge in [0.1, 0.15) is 11.5 Å². The Morgan fingerprint density at radius 2 is 1.64 bits per heavy atom. The average molecular weight is 351 g/mol. The van der Waals surface area contributed by atoms with E-state index in [4.69, 9.17) is 9.47 Å². The van der Waals surface area contributed by atoms with Crippen molar-refractivity contribution in [2.45, 2.75) is 20.3 Å². The van der Waals surface area contributed by atoms with Crippen LogP contribution in [0.3, 0.4) is 0 Å². The molecule has 0 aliphatic carbocycles. The SMILES string of the molecule is CCN(CC)CCCNC(=O)CNC(=O)COc1ccc(OC)cc1. The molecule has 0 unspecified atom stereocenters. The van der Waals surface area contributed by atoms with Gasteiger partial charge >= 0.3 is 0 Å². The summed E-state index contributed by atoms with van der Waals surface area (Å²) >= 11 is 0. The number of carbonyl (C=O) groups excluding carboxylic acids is 2. The van der Waals surface area contributed by atoms with Gasteiger partial charge in [-0.3, -0.25) is 9.59 Å². The fourth-order valence-electron chi connectivity index (χ4n) is 2.18. The fourth-order valence-corrected chi connectivity index (χ4v) is 2.18. The Balaban J connectivity index is 2.13. The second kappa shape index (κ2) is 12.1. The van der Waals surface area contributed by atoms with E-state index in [2.05, 4.69) is 29.4 Å². The third kappa shape index (κ3) is 8.95. The van der Waals surface area contributed by atoms with Crippen LogP contribution in [0.4, 0.5) is 0 Å². The molecule has 7 heteroatoms. The zero-order valence-corrected chi connectivity index (χ0v) is 15.3. The van der Waals surface area contributed by atoms with Crippen molar-refractivity contribution in [1.29, 1.82) is 0 Å². The van der Waals surface area contributed by atoms with E-state index in [1.165, 1.54) is 0 Å². The number of nitrogens with zero attached hydrogens (tertiary/aromatic N) is 1. The molecular weight excluding hydrogens is 322 g/mol. The minimum Gasteiger partial charge on any atom is -0.497 e. The molecule has 0 heterocycles. The van der Waals surface area contributed by atoms with E-state index in [0.717, 1.165) is 31.8 Å². The second-order valence-electron chi connectivity index (χ2n) is 5.47. The lowest BCUT2D eigenvalue weighted by molar-refractivity contribution is -0.127. The quantitative estimate of drug-likeness (QED) is 0.550. The van der Waals surface area contributed by atoms with Crippen molar-refractivity contribution in [2.75, 3.05) is 46.4 Å². The van der Waals surface area contributed by atoms with Gasteiger partial charge in [0, 0.05) is 6.54 Å². The first kappa shape index (κ1) is 20.8. The zero-order chi connectivity index (χ0) is 18.5. The van der Waals surface area contributed by atoms with Crippen molar-refractivity contribution >= 4 is 11.8 Å². The Bertz CT molecular complexity index is 516. The molecule has 1 aromatic rings. The molecule has 0 aromatic heterocycles. The van der Waals surface area contributed by atoms with Crippen LogP contribution in [0.2, 0.25) is 0 Å². The number of rotatable bonds is 12. The molecule has 7 nitrogen and oxygen atoms in total. The van der Waals surface area contributed by atoms with Crippen LogP contribution in [0.5, 0.6) is 11.5 Å². The summed E-state index contributed by atoms with van der Waals surface area (Å²) in [5.41, 5.74) is 0. The highest BCUT2D eigenvalue weighted by Gasteiger charge is 2.06. The van der Waals surface area contributed by atoms with Crippen LogP contribution in [0.25, 0.3) is 0 Å².